The predicted molar refractivity (Wildman–Crippen MR) is 99.0 cm³/mol. The van der Waals surface area contributed by atoms with Crippen molar-refractivity contribution >= 4 is 16.9 Å². The lowest BCUT2D eigenvalue weighted by molar-refractivity contribution is -0.131. The highest BCUT2D eigenvalue weighted by Gasteiger charge is 2.39. The minimum absolute atomic E-state index is 0.110. The Morgan fingerprint density at radius 2 is 2.04 bits per heavy atom. The summed E-state index contributed by atoms with van der Waals surface area (Å²) in [5, 5.41) is 15.4. The second-order valence-electron chi connectivity index (χ2n) is 7.15. The third kappa shape index (κ3) is 3.02. The summed E-state index contributed by atoms with van der Waals surface area (Å²) in [7, 11) is 1.71. The van der Waals surface area contributed by atoms with Crippen LogP contribution in [0, 0.1) is 6.92 Å². The van der Waals surface area contributed by atoms with Crippen molar-refractivity contribution in [3.05, 3.63) is 58.3 Å². The highest BCUT2D eigenvalue weighted by molar-refractivity contribution is 5.77. The number of carbonyl (C=O) groups is 1. The van der Waals surface area contributed by atoms with Gasteiger partial charge in [0, 0.05) is 13.6 Å². The van der Waals surface area contributed by atoms with E-state index in [1.54, 1.807) is 11.9 Å². The summed E-state index contributed by atoms with van der Waals surface area (Å²) in [6, 6.07) is 7.69. The van der Waals surface area contributed by atoms with Crippen LogP contribution in [0.5, 0.6) is 0 Å². The Hall–Kier alpha value is -3.00. The summed E-state index contributed by atoms with van der Waals surface area (Å²) in [5.74, 6) is -0.217. The molecule has 3 aromatic rings. The lowest BCUT2D eigenvalue weighted by atomic mass is 9.92. The fourth-order valence-corrected chi connectivity index (χ4v) is 3.53. The Kier molecular flexibility index (Phi) is 4.07. The number of fused-ring (bicyclic) bond motifs is 1. The summed E-state index contributed by atoms with van der Waals surface area (Å²) < 4.78 is 2.81. The number of β-amino-alcohol motifs (C(OH)–C–C–N with tert-alkyl or cyclic N) is 1. The molecule has 1 fully saturated rings. The van der Waals surface area contributed by atoms with E-state index in [9.17, 15) is 14.7 Å². The molecule has 1 aromatic carbocycles. The summed E-state index contributed by atoms with van der Waals surface area (Å²) >= 11 is 0. The third-order valence-corrected chi connectivity index (χ3v) is 5.21. The average molecular weight is 367 g/mol. The molecule has 27 heavy (non-hydrogen) atoms. The van der Waals surface area contributed by atoms with Crippen LogP contribution in [0.4, 0.5) is 0 Å². The zero-order valence-corrected chi connectivity index (χ0v) is 15.3. The fourth-order valence-electron chi connectivity index (χ4n) is 3.53. The van der Waals surface area contributed by atoms with Crippen molar-refractivity contribution in [2.75, 3.05) is 13.1 Å². The molecule has 0 spiro atoms. The average Bonchev–Trinajstić information content (AvgIpc) is 3.23. The first kappa shape index (κ1) is 17.4. The molecule has 0 saturated carbocycles. The minimum atomic E-state index is -1.06. The summed E-state index contributed by atoms with van der Waals surface area (Å²) in [4.78, 5) is 31.0. The Morgan fingerprint density at radius 1 is 1.30 bits per heavy atom. The Bertz CT molecular complexity index is 1070. The normalized spacial score (nSPS) is 19.7. The van der Waals surface area contributed by atoms with E-state index < -0.39 is 5.60 Å². The van der Waals surface area contributed by atoms with Gasteiger partial charge in [0.1, 0.15) is 23.9 Å². The number of nitrogens with zero attached hydrogens (tertiary/aromatic N) is 5. The molecule has 0 radical (unpaired) electrons. The zero-order valence-electron chi connectivity index (χ0n) is 15.3. The maximum absolute atomic E-state index is 12.7. The van der Waals surface area contributed by atoms with Gasteiger partial charge in [-0.2, -0.15) is 5.10 Å². The van der Waals surface area contributed by atoms with Gasteiger partial charge >= 0.3 is 0 Å². The van der Waals surface area contributed by atoms with Crippen molar-refractivity contribution in [2.45, 2.75) is 25.5 Å². The molecule has 1 N–H and O–H groups in total. The van der Waals surface area contributed by atoms with Gasteiger partial charge in [-0.25, -0.2) is 4.98 Å². The first-order valence-electron chi connectivity index (χ1n) is 8.82. The molecule has 2 aromatic heterocycles. The van der Waals surface area contributed by atoms with E-state index in [1.165, 1.54) is 21.8 Å². The Balaban J connectivity index is 1.52. The van der Waals surface area contributed by atoms with Crippen LogP contribution in [0.15, 0.2) is 41.6 Å². The van der Waals surface area contributed by atoms with Crippen LogP contribution >= 0.6 is 0 Å². The maximum atomic E-state index is 12.7. The molecule has 140 valence electrons. The SMILES string of the molecule is Cc1ccc(C2(O)CCN(C(=O)Cn3cnc4c(cnn4C)c3=O)C2)cc1. The molecule has 4 rings (SSSR count). The van der Waals surface area contributed by atoms with Gasteiger partial charge in [-0.15, -0.1) is 0 Å². The number of hydrogen-bond donors (Lipinski definition) is 1. The van der Waals surface area contributed by atoms with E-state index in [1.807, 2.05) is 31.2 Å². The zero-order chi connectivity index (χ0) is 19.2. The van der Waals surface area contributed by atoms with Crippen LogP contribution in [-0.4, -0.2) is 48.3 Å². The molecule has 0 aliphatic carbocycles. The molecule has 1 atom stereocenters. The number of aromatic nitrogens is 4. The Morgan fingerprint density at radius 3 is 2.78 bits per heavy atom. The van der Waals surface area contributed by atoms with Crippen molar-refractivity contribution in [3.8, 4) is 0 Å². The molecule has 8 heteroatoms. The lowest BCUT2D eigenvalue weighted by Crippen LogP contribution is -2.38. The second kappa shape index (κ2) is 6.31. The van der Waals surface area contributed by atoms with E-state index in [-0.39, 0.29) is 24.6 Å². The molecule has 1 aliphatic rings. The van der Waals surface area contributed by atoms with Crippen molar-refractivity contribution in [2.24, 2.45) is 7.05 Å². The standard InChI is InChI=1S/C19H21N5O3/c1-13-3-5-14(6-4-13)19(27)7-8-23(11-19)16(25)10-24-12-20-17-15(18(24)26)9-21-22(17)2/h3-6,9,12,27H,7-8,10-11H2,1-2H3. The van der Waals surface area contributed by atoms with Gasteiger partial charge in [-0.05, 0) is 18.9 Å². The lowest BCUT2D eigenvalue weighted by Gasteiger charge is -2.24. The van der Waals surface area contributed by atoms with Crippen LogP contribution < -0.4 is 5.56 Å². The van der Waals surface area contributed by atoms with E-state index >= 15 is 0 Å². The van der Waals surface area contributed by atoms with Gasteiger partial charge in [0.15, 0.2) is 5.65 Å². The second-order valence-corrected chi connectivity index (χ2v) is 7.15. The first-order chi connectivity index (χ1) is 12.9. The molecule has 8 nitrogen and oxygen atoms in total. The molecule has 1 aliphatic heterocycles. The van der Waals surface area contributed by atoms with Crippen LogP contribution in [0.1, 0.15) is 17.5 Å². The number of aliphatic hydroxyl groups is 1. The van der Waals surface area contributed by atoms with Crippen LogP contribution in [0.25, 0.3) is 11.0 Å². The number of amides is 1. The maximum Gasteiger partial charge on any atom is 0.264 e. The topological polar surface area (TPSA) is 93.2 Å². The molecular formula is C19H21N5O3. The van der Waals surface area contributed by atoms with Gasteiger partial charge < -0.3 is 10.0 Å². The van der Waals surface area contributed by atoms with Gasteiger partial charge in [0.25, 0.3) is 5.56 Å². The van der Waals surface area contributed by atoms with Crippen molar-refractivity contribution in [1.82, 2.24) is 24.2 Å². The van der Waals surface area contributed by atoms with Crippen molar-refractivity contribution in [1.29, 1.82) is 0 Å². The van der Waals surface area contributed by atoms with Gasteiger partial charge in [0.05, 0.1) is 12.7 Å². The Labute approximate surface area is 155 Å². The van der Waals surface area contributed by atoms with Crippen LogP contribution in [0.2, 0.25) is 0 Å². The largest absolute Gasteiger partial charge is 0.383 e. The number of carbonyl (C=O) groups excluding carboxylic acids is 1. The van der Waals surface area contributed by atoms with E-state index in [2.05, 4.69) is 10.1 Å². The van der Waals surface area contributed by atoms with Crippen LogP contribution in [-0.2, 0) is 24.0 Å². The van der Waals surface area contributed by atoms with Gasteiger partial charge in [0.2, 0.25) is 5.91 Å². The minimum Gasteiger partial charge on any atom is -0.383 e. The predicted octanol–water partition coefficient (Wildman–Crippen LogP) is 0.559. The van der Waals surface area contributed by atoms with E-state index in [0.29, 0.717) is 24.0 Å². The van der Waals surface area contributed by atoms with Crippen LogP contribution in [0.3, 0.4) is 0 Å². The monoisotopic (exact) mass is 367 g/mol. The molecule has 1 unspecified atom stereocenters. The number of benzene rings is 1. The first-order valence-corrected chi connectivity index (χ1v) is 8.82. The van der Waals surface area contributed by atoms with E-state index in [4.69, 9.17) is 0 Å². The number of aryl methyl sites for hydroxylation is 2. The van der Waals surface area contributed by atoms with Gasteiger partial charge in [-0.1, -0.05) is 29.8 Å². The third-order valence-electron chi connectivity index (χ3n) is 5.21. The van der Waals surface area contributed by atoms with E-state index in [0.717, 1.165) is 11.1 Å². The summed E-state index contributed by atoms with van der Waals surface area (Å²) in [6.45, 7) is 2.54. The summed E-state index contributed by atoms with van der Waals surface area (Å²) in [5.41, 5.74) is 1.05. The molecule has 3 heterocycles. The van der Waals surface area contributed by atoms with Crippen molar-refractivity contribution < 1.29 is 9.90 Å². The molecule has 1 saturated heterocycles. The number of hydrogen-bond acceptors (Lipinski definition) is 5. The summed E-state index contributed by atoms with van der Waals surface area (Å²) in [6.07, 6.45) is 3.29. The van der Waals surface area contributed by atoms with Crippen molar-refractivity contribution in [3.63, 3.8) is 0 Å². The quantitative estimate of drug-likeness (QED) is 0.730. The smallest absolute Gasteiger partial charge is 0.264 e. The molecule has 0 bridgehead atoms. The number of rotatable bonds is 3. The highest BCUT2D eigenvalue weighted by Crippen LogP contribution is 2.32. The highest BCUT2D eigenvalue weighted by atomic mass is 16.3. The molecule has 1 amide bonds. The number of likely N-dealkylation sites (tertiary alicyclic amines) is 1. The van der Waals surface area contributed by atoms with Gasteiger partial charge in [-0.3, -0.25) is 18.8 Å². The molecular weight excluding hydrogens is 346 g/mol. The fraction of sp³-hybridized carbons (Fsp3) is 0.368.